The lowest BCUT2D eigenvalue weighted by Gasteiger charge is -2.35. The Labute approximate surface area is 119 Å². The van der Waals surface area contributed by atoms with Crippen LogP contribution in [0.5, 0.6) is 0 Å². The van der Waals surface area contributed by atoms with Gasteiger partial charge in [-0.3, -0.25) is 0 Å². The van der Waals surface area contributed by atoms with E-state index in [1.165, 1.54) is 29.4 Å². The first-order chi connectivity index (χ1) is 9.86. The summed E-state index contributed by atoms with van der Waals surface area (Å²) < 4.78 is 7.95. The average molecular weight is 270 g/mol. The summed E-state index contributed by atoms with van der Waals surface area (Å²) in [6.07, 6.45) is 3.51. The zero-order valence-electron chi connectivity index (χ0n) is 12.1. The van der Waals surface area contributed by atoms with Crippen LogP contribution in [0, 0.1) is 5.92 Å². The van der Waals surface area contributed by atoms with Gasteiger partial charge >= 0.3 is 0 Å². The number of benzene rings is 1. The zero-order chi connectivity index (χ0) is 13.5. The van der Waals surface area contributed by atoms with E-state index < -0.39 is 0 Å². The topological polar surface area (TPSA) is 26.2 Å². The van der Waals surface area contributed by atoms with Gasteiger partial charge in [0.15, 0.2) is 0 Å². The van der Waals surface area contributed by atoms with Crippen molar-refractivity contribution in [3.05, 3.63) is 35.5 Å². The van der Waals surface area contributed by atoms with E-state index in [0.717, 1.165) is 26.2 Å². The number of aromatic nitrogens is 1. The Hall–Kier alpha value is -1.32. The number of rotatable bonds is 1. The number of nitrogens with one attached hydrogen (secondary N) is 1. The second kappa shape index (κ2) is 4.90. The third kappa shape index (κ3) is 1.80. The van der Waals surface area contributed by atoms with Crippen molar-refractivity contribution in [2.24, 2.45) is 13.0 Å². The fraction of sp³-hybridized carbons (Fsp3) is 0.529. The van der Waals surface area contributed by atoms with E-state index in [1.54, 1.807) is 5.56 Å². The SMILES string of the molecule is Cn1c2c(c3ccccc31)CCNC2C1CCOCC1. The molecule has 3 heterocycles. The minimum Gasteiger partial charge on any atom is -0.381 e. The molecule has 1 unspecified atom stereocenters. The molecule has 1 aromatic heterocycles. The van der Waals surface area contributed by atoms with Gasteiger partial charge in [0.25, 0.3) is 0 Å². The van der Waals surface area contributed by atoms with E-state index in [-0.39, 0.29) is 0 Å². The zero-order valence-corrected chi connectivity index (χ0v) is 12.1. The molecule has 1 fully saturated rings. The predicted octanol–water partition coefficient (Wildman–Crippen LogP) is 2.79. The van der Waals surface area contributed by atoms with Crippen LogP contribution in [-0.4, -0.2) is 24.3 Å². The van der Waals surface area contributed by atoms with Crippen LogP contribution in [0.1, 0.15) is 30.1 Å². The Balaban J connectivity index is 1.83. The number of hydrogen-bond acceptors (Lipinski definition) is 2. The fourth-order valence-electron chi connectivity index (χ4n) is 4.04. The lowest BCUT2D eigenvalue weighted by Crippen LogP contribution is -2.38. The summed E-state index contributed by atoms with van der Waals surface area (Å²) in [7, 11) is 2.22. The minimum absolute atomic E-state index is 0.500. The van der Waals surface area contributed by atoms with Crippen molar-refractivity contribution in [2.75, 3.05) is 19.8 Å². The molecule has 1 aromatic carbocycles. The van der Waals surface area contributed by atoms with E-state index in [4.69, 9.17) is 4.74 Å². The molecule has 0 amide bonds. The number of hydrogen-bond donors (Lipinski definition) is 1. The standard InChI is InChI=1S/C17H22N2O/c1-19-15-5-3-2-4-13(15)14-6-9-18-16(17(14)19)12-7-10-20-11-8-12/h2-5,12,16,18H,6-11H2,1H3. The number of para-hydroxylation sites is 1. The molecule has 20 heavy (non-hydrogen) atoms. The van der Waals surface area contributed by atoms with Crippen molar-refractivity contribution in [1.82, 2.24) is 9.88 Å². The van der Waals surface area contributed by atoms with Crippen LogP contribution in [0.4, 0.5) is 0 Å². The van der Waals surface area contributed by atoms with E-state index >= 15 is 0 Å². The molecule has 1 atom stereocenters. The van der Waals surface area contributed by atoms with Crippen LogP contribution >= 0.6 is 0 Å². The fourth-order valence-corrected chi connectivity index (χ4v) is 4.04. The van der Waals surface area contributed by atoms with Crippen LogP contribution < -0.4 is 5.32 Å². The molecule has 1 saturated heterocycles. The molecule has 2 aliphatic rings. The largest absolute Gasteiger partial charge is 0.381 e. The van der Waals surface area contributed by atoms with E-state index in [0.29, 0.717) is 12.0 Å². The van der Waals surface area contributed by atoms with Gasteiger partial charge < -0.3 is 14.6 Å². The Kier molecular flexibility index (Phi) is 3.04. The van der Waals surface area contributed by atoms with Crippen molar-refractivity contribution in [3.63, 3.8) is 0 Å². The average Bonchev–Trinajstić information content (AvgIpc) is 2.82. The number of nitrogens with zero attached hydrogens (tertiary/aromatic N) is 1. The van der Waals surface area contributed by atoms with Gasteiger partial charge in [-0.2, -0.15) is 0 Å². The smallest absolute Gasteiger partial charge is 0.0508 e. The second-order valence-corrected chi connectivity index (χ2v) is 6.07. The normalized spacial score (nSPS) is 23.9. The lowest BCUT2D eigenvalue weighted by molar-refractivity contribution is 0.0518. The molecule has 4 rings (SSSR count). The van der Waals surface area contributed by atoms with Crippen LogP contribution in [-0.2, 0) is 18.2 Å². The van der Waals surface area contributed by atoms with Crippen molar-refractivity contribution in [2.45, 2.75) is 25.3 Å². The summed E-state index contributed by atoms with van der Waals surface area (Å²) in [6, 6.07) is 9.33. The molecule has 0 bridgehead atoms. The van der Waals surface area contributed by atoms with Gasteiger partial charge in [-0.25, -0.2) is 0 Å². The van der Waals surface area contributed by atoms with Crippen LogP contribution in [0.2, 0.25) is 0 Å². The molecule has 0 saturated carbocycles. The van der Waals surface area contributed by atoms with Gasteiger partial charge in [-0.1, -0.05) is 18.2 Å². The second-order valence-electron chi connectivity index (χ2n) is 6.07. The maximum Gasteiger partial charge on any atom is 0.0508 e. The van der Waals surface area contributed by atoms with Gasteiger partial charge in [0.05, 0.1) is 6.04 Å². The molecule has 3 heteroatoms. The van der Waals surface area contributed by atoms with E-state index in [1.807, 2.05) is 0 Å². The highest BCUT2D eigenvalue weighted by atomic mass is 16.5. The van der Waals surface area contributed by atoms with E-state index in [9.17, 15) is 0 Å². The molecule has 0 radical (unpaired) electrons. The molecule has 0 spiro atoms. The molecule has 1 N–H and O–H groups in total. The highest BCUT2D eigenvalue weighted by Gasteiger charge is 2.32. The third-order valence-corrected chi connectivity index (χ3v) is 5.03. The highest BCUT2D eigenvalue weighted by molar-refractivity contribution is 5.86. The Morgan fingerprint density at radius 2 is 2.00 bits per heavy atom. The van der Waals surface area contributed by atoms with E-state index in [2.05, 4.69) is 41.2 Å². The summed E-state index contributed by atoms with van der Waals surface area (Å²) in [4.78, 5) is 0. The predicted molar refractivity (Wildman–Crippen MR) is 80.9 cm³/mol. The maximum absolute atomic E-state index is 5.53. The van der Waals surface area contributed by atoms with Crippen molar-refractivity contribution in [3.8, 4) is 0 Å². The monoisotopic (exact) mass is 270 g/mol. The third-order valence-electron chi connectivity index (χ3n) is 5.03. The summed E-state index contributed by atoms with van der Waals surface area (Å²) >= 11 is 0. The molecular weight excluding hydrogens is 248 g/mol. The lowest BCUT2D eigenvalue weighted by atomic mass is 9.85. The minimum atomic E-state index is 0.500. The van der Waals surface area contributed by atoms with Gasteiger partial charge in [0.1, 0.15) is 0 Å². The first kappa shape index (κ1) is 12.4. The molecule has 0 aliphatic carbocycles. The van der Waals surface area contributed by atoms with Gasteiger partial charge in [-0.05, 0) is 43.4 Å². The molecule has 106 valence electrons. The van der Waals surface area contributed by atoms with Gasteiger partial charge in [0.2, 0.25) is 0 Å². The quantitative estimate of drug-likeness (QED) is 0.862. The maximum atomic E-state index is 5.53. The molecular formula is C17H22N2O. The summed E-state index contributed by atoms with van der Waals surface area (Å²) in [6.45, 7) is 2.94. The first-order valence-electron chi connectivity index (χ1n) is 7.73. The number of aryl methyl sites for hydroxylation is 1. The van der Waals surface area contributed by atoms with Gasteiger partial charge in [0, 0.05) is 36.9 Å². The molecule has 2 aliphatic heterocycles. The number of ether oxygens (including phenoxy) is 1. The van der Waals surface area contributed by atoms with Crippen molar-refractivity contribution in [1.29, 1.82) is 0 Å². The highest BCUT2D eigenvalue weighted by Crippen LogP contribution is 2.38. The summed E-state index contributed by atoms with van der Waals surface area (Å²) in [5.74, 6) is 0.714. The number of fused-ring (bicyclic) bond motifs is 3. The summed E-state index contributed by atoms with van der Waals surface area (Å²) in [5, 5.41) is 5.22. The first-order valence-corrected chi connectivity index (χ1v) is 7.73. The Bertz CT molecular complexity index is 625. The Morgan fingerprint density at radius 1 is 1.20 bits per heavy atom. The van der Waals surface area contributed by atoms with Crippen LogP contribution in [0.3, 0.4) is 0 Å². The molecule has 3 nitrogen and oxygen atoms in total. The van der Waals surface area contributed by atoms with Crippen LogP contribution in [0.15, 0.2) is 24.3 Å². The van der Waals surface area contributed by atoms with Gasteiger partial charge in [-0.15, -0.1) is 0 Å². The summed E-state index contributed by atoms with van der Waals surface area (Å²) in [5.41, 5.74) is 4.46. The Morgan fingerprint density at radius 3 is 2.85 bits per heavy atom. The molecule has 2 aromatic rings. The van der Waals surface area contributed by atoms with Crippen molar-refractivity contribution < 1.29 is 4.74 Å². The van der Waals surface area contributed by atoms with Crippen LogP contribution in [0.25, 0.3) is 10.9 Å². The van der Waals surface area contributed by atoms with Crippen molar-refractivity contribution >= 4 is 10.9 Å².